The molecule has 2 aromatic heterocycles. The van der Waals surface area contributed by atoms with Gasteiger partial charge in [0.25, 0.3) is 0 Å². The third kappa shape index (κ3) is 7.78. The largest absolute Gasteiger partial charge is 0.487 e. The fourth-order valence-electron chi connectivity index (χ4n) is 5.66. The van der Waals surface area contributed by atoms with Gasteiger partial charge in [-0.1, -0.05) is 84.9 Å². The van der Waals surface area contributed by atoms with Crippen LogP contribution in [0.5, 0.6) is 11.5 Å². The second-order valence-electron chi connectivity index (χ2n) is 11.9. The van der Waals surface area contributed by atoms with E-state index in [0.29, 0.717) is 26.2 Å². The van der Waals surface area contributed by atoms with Crippen molar-refractivity contribution in [3.63, 3.8) is 0 Å². The van der Waals surface area contributed by atoms with Crippen molar-refractivity contribution in [3.8, 4) is 11.5 Å². The molecule has 0 atom stereocenters. The monoisotopic (exact) mass is 639 g/mol. The molecule has 6 rings (SSSR count). The van der Waals surface area contributed by atoms with Crippen LogP contribution in [0.4, 0.5) is 0 Å². The molecule has 0 bridgehead atoms. The summed E-state index contributed by atoms with van der Waals surface area (Å²) >= 11 is 0. The molecule has 0 saturated carbocycles. The number of rotatable bonds is 14. The molecule has 0 amide bonds. The Hall–Kier alpha value is -5.76. The molecule has 0 aliphatic rings. The van der Waals surface area contributed by atoms with Crippen molar-refractivity contribution < 1.29 is 24.2 Å². The van der Waals surface area contributed by atoms with Gasteiger partial charge in [-0.05, 0) is 79.4 Å². The molecule has 4 aromatic carbocycles. The lowest BCUT2D eigenvalue weighted by Gasteiger charge is -2.31. The van der Waals surface area contributed by atoms with Gasteiger partial charge in [0.2, 0.25) is 0 Å². The number of ether oxygens (including phenoxy) is 2. The Bertz CT molecular complexity index is 1910. The van der Waals surface area contributed by atoms with Crippen LogP contribution in [0.3, 0.4) is 0 Å². The molecule has 0 radical (unpaired) electrons. The first kappa shape index (κ1) is 32.2. The van der Waals surface area contributed by atoms with Gasteiger partial charge < -0.3 is 19.4 Å². The Labute approximate surface area is 279 Å². The summed E-state index contributed by atoms with van der Waals surface area (Å²) in [5, 5.41) is 15.0. The van der Waals surface area contributed by atoms with Gasteiger partial charge in [-0.2, -0.15) is 0 Å². The zero-order valence-corrected chi connectivity index (χ0v) is 27.0. The third-order valence-corrected chi connectivity index (χ3v) is 8.49. The summed E-state index contributed by atoms with van der Waals surface area (Å²) < 4.78 is 12.2. The summed E-state index contributed by atoms with van der Waals surface area (Å²) in [6, 6.07) is 40.5. The molecule has 0 saturated heterocycles. The van der Waals surface area contributed by atoms with E-state index in [2.05, 4.69) is 48.5 Å². The average molecular weight is 640 g/mol. The highest BCUT2D eigenvalue weighted by molar-refractivity contribution is 6.34. The van der Waals surface area contributed by atoms with Gasteiger partial charge in [0.1, 0.15) is 31.3 Å². The number of nitrogens with zero attached hydrogens (tertiary/aromatic N) is 3. The zero-order chi connectivity index (χ0) is 33.3. The summed E-state index contributed by atoms with van der Waals surface area (Å²) in [5.41, 5.74) is 5.37. The number of hydrogen-bond acceptors (Lipinski definition) is 7. The third-order valence-electron chi connectivity index (χ3n) is 8.49. The van der Waals surface area contributed by atoms with Crippen molar-refractivity contribution in [3.05, 3.63) is 144 Å². The van der Waals surface area contributed by atoms with E-state index < -0.39 is 5.97 Å². The van der Waals surface area contributed by atoms with Gasteiger partial charge in [-0.25, -0.2) is 14.8 Å². The van der Waals surface area contributed by atoms with Crippen LogP contribution < -0.4 is 9.47 Å². The minimum atomic E-state index is -1.10. The maximum Gasteiger partial charge on any atom is 0.353 e. The summed E-state index contributed by atoms with van der Waals surface area (Å²) in [4.78, 5) is 25.8. The van der Waals surface area contributed by atoms with Gasteiger partial charge in [0, 0.05) is 16.2 Å². The van der Waals surface area contributed by atoms with E-state index in [4.69, 9.17) is 29.4 Å². The van der Waals surface area contributed by atoms with E-state index in [1.165, 1.54) is 6.92 Å². The highest BCUT2D eigenvalue weighted by Crippen LogP contribution is 2.38. The molecule has 1 N–H and O–H groups in total. The normalized spacial score (nSPS) is 11.8. The molecule has 8 heteroatoms. The van der Waals surface area contributed by atoms with Crippen molar-refractivity contribution in [1.29, 1.82) is 0 Å². The Morgan fingerprint density at radius 3 is 1.65 bits per heavy atom. The minimum Gasteiger partial charge on any atom is -0.487 e. The number of carboxylic acids is 1. The number of benzene rings is 4. The van der Waals surface area contributed by atoms with Gasteiger partial charge in [-0.15, -0.1) is 0 Å². The smallest absolute Gasteiger partial charge is 0.353 e. The summed E-state index contributed by atoms with van der Waals surface area (Å²) in [6.07, 6.45) is 1.39. The summed E-state index contributed by atoms with van der Waals surface area (Å²) in [5.74, 6) is 0.407. The van der Waals surface area contributed by atoms with E-state index >= 15 is 0 Å². The molecule has 0 aliphatic heterocycles. The van der Waals surface area contributed by atoms with Crippen LogP contribution in [0.1, 0.15) is 49.2 Å². The highest BCUT2D eigenvalue weighted by Gasteiger charge is 2.29. The molecule has 8 nitrogen and oxygen atoms in total. The lowest BCUT2D eigenvalue weighted by molar-refractivity contribution is -0.129. The molecule has 242 valence electrons. The first-order valence-electron chi connectivity index (χ1n) is 15.9. The molecule has 48 heavy (non-hydrogen) atoms. The fourth-order valence-corrected chi connectivity index (χ4v) is 5.66. The van der Waals surface area contributed by atoms with Crippen LogP contribution in [0.25, 0.3) is 21.8 Å². The van der Waals surface area contributed by atoms with Crippen molar-refractivity contribution in [2.75, 3.05) is 6.61 Å². The molecule has 0 unspecified atom stereocenters. The molecule has 2 heterocycles. The predicted molar refractivity (Wildman–Crippen MR) is 187 cm³/mol. The summed E-state index contributed by atoms with van der Waals surface area (Å²) in [6.45, 7) is 4.63. The van der Waals surface area contributed by atoms with Gasteiger partial charge in [0.05, 0.1) is 22.4 Å². The quantitative estimate of drug-likeness (QED) is 0.0724. The van der Waals surface area contributed by atoms with Gasteiger partial charge >= 0.3 is 5.97 Å². The molecule has 0 fully saturated rings. The van der Waals surface area contributed by atoms with Crippen molar-refractivity contribution in [1.82, 2.24) is 9.97 Å². The van der Waals surface area contributed by atoms with Crippen LogP contribution in [0, 0.1) is 0 Å². The number of carbonyl (C=O) groups is 1. The number of carboxylic acid groups (broad SMARTS) is 1. The minimum absolute atomic E-state index is 0.0817. The van der Waals surface area contributed by atoms with Crippen molar-refractivity contribution in [2.24, 2.45) is 5.16 Å². The number of hydrogen-bond donors (Lipinski definition) is 1. The maximum absolute atomic E-state index is 11.1. The van der Waals surface area contributed by atoms with E-state index in [1.54, 1.807) is 0 Å². The van der Waals surface area contributed by atoms with E-state index in [1.807, 2.05) is 84.9 Å². The van der Waals surface area contributed by atoms with Crippen molar-refractivity contribution in [2.45, 2.75) is 45.3 Å². The number of oxime groups is 1. The van der Waals surface area contributed by atoms with Crippen LogP contribution in [-0.2, 0) is 28.3 Å². The average Bonchev–Trinajstić information content (AvgIpc) is 3.13. The van der Waals surface area contributed by atoms with E-state index in [9.17, 15) is 4.79 Å². The van der Waals surface area contributed by atoms with Crippen LogP contribution in [0.2, 0.25) is 0 Å². The lowest BCUT2D eigenvalue weighted by Crippen LogP contribution is -2.24. The number of pyridine rings is 2. The maximum atomic E-state index is 11.1. The van der Waals surface area contributed by atoms with E-state index in [0.717, 1.165) is 62.2 Å². The predicted octanol–water partition coefficient (Wildman–Crippen LogP) is 8.50. The van der Waals surface area contributed by atoms with Gasteiger partial charge in [0.15, 0.2) is 5.71 Å². The number of fused-ring (bicyclic) bond motifs is 2. The number of para-hydroxylation sites is 2. The fraction of sp³-hybridized carbons (Fsp3) is 0.200. The standard InChI is InChI=1S/C40H37N3O5/c1-28(39(44)45)43-48-25-7-24-40(2,31-14-20-35(21-15-31)46-26-33-18-12-29-8-3-5-10-37(29)41-33)32-16-22-36(23-17-32)47-27-34-19-13-30-9-4-6-11-38(30)42-34/h3-6,8-23H,7,24-27H2,1-2H3,(H,44,45)/b43-28+. The molecule has 6 aromatic rings. The van der Waals surface area contributed by atoms with E-state index in [-0.39, 0.29) is 11.1 Å². The first-order valence-corrected chi connectivity index (χ1v) is 15.9. The zero-order valence-electron chi connectivity index (χ0n) is 27.0. The first-order chi connectivity index (χ1) is 23.4. The Morgan fingerprint density at radius 1 is 0.688 bits per heavy atom. The molecule has 0 aliphatic carbocycles. The van der Waals surface area contributed by atoms with Crippen molar-refractivity contribution >= 4 is 33.5 Å². The Balaban J connectivity index is 1.15. The second kappa shape index (κ2) is 14.8. The molecule has 0 spiro atoms. The molecular weight excluding hydrogens is 602 g/mol. The Kier molecular flexibility index (Phi) is 9.91. The second-order valence-corrected chi connectivity index (χ2v) is 11.9. The van der Waals surface area contributed by atoms with Crippen LogP contribution >= 0.6 is 0 Å². The number of aliphatic carboxylic acids is 1. The topological polar surface area (TPSA) is 103 Å². The summed E-state index contributed by atoms with van der Waals surface area (Å²) in [7, 11) is 0. The van der Waals surface area contributed by atoms with Crippen LogP contribution in [-0.4, -0.2) is 33.4 Å². The highest BCUT2D eigenvalue weighted by atomic mass is 16.6. The Morgan fingerprint density at radius 2 is 1.17 bits per heavy atom. The lowest BCUT2D eigenvalue weighted by atomic mass is 9.73. The van der Waals surface area contributed by atoms with Crippen LogP contribution in [0.15, 0.2) is 126 Å². The number of aromatic nitrogens is 2. The SMILES string of the molecule is C/C(=N\OCCCC(C)(c1ccc(OCc2ccc3ccccc3n2)cc1)c1ccc(OCc2ccc3ccccc3n2)cc1)C(=O)O. The molecular formula is C40H37N3O5. The van der Waals surface area contributed by atoms with Gasteiger partial charge in [-0.3, -0.25) is 0 Å².